The van der Waals surface area contributed by atoms with Gasteiger partial charge in [0.2, 0.25) is 5.43 Å². The predicted octanol–water partition coefficient (Wildman–Crippen LogP) is 2.43. The molecule has 0 aliphatic heterocycles. The van der Waals surface area contributed by atoms with E-state index in [1.807, 2.05) is 0 Å². The van der Waals surface area contributed by atoms with E-state index < -0.39 is 28.5 Å². The van der Waals surface area contributed by atoms with E-state index >= 15 is 0 Å². The summed E-state index contributed by atoms with van der Waals surface area (Å²) in [5.74, 6) is -2.60. The first-order valence-corrected chi connectivity index (χ1v) is 8.12. The molecule has 10 heteroatoms. The van der Waals surface area contributed by atoms with Gasteiger partial charge in [-0.25, -0.2) is 9.18 Å². The van der Waals surface area contributed by atoms with Gasteiger partial charge < -0.3 is 25.5 Å². The van der Waals surface area contributed by atoms with E-state index in [0.717, 1.165) is 12.8 Å². The van der Waals surface area contributed by atoms with Crippen LogP contribution < -0.4 is 21.2 Å². The molecular formula is C16H18Cl2FN3O4. The van der Waals surface area contributed by atoms with Crippen molar-refractivity contribution in [2.75, 3.05) is 25.9 Å². The number of likely N-dealkylation sites (N-methyl/N-ethyl adjacent to an activating group) is 1. The number of nitrogens with zero attached hydrogens (tertiary/aromatic N) is 1. The van der Waals surface area contributed by atoms with Gasteiger partial charge in [-0.2, -0.15) is 0 Å². The first-order chi connectivity index (χ1) is 11.9. The van der Waals surface area contributed by atoms with Crippen LogP contribution in [0.15, 0.2) is 11.0 Å². The maximum atomic E-state index is 14.6. The number of aromatic carboxylic acids is 1. The van der Waals surface area contributed by atoms with E-state index in [2.05, 4.69) is 5.32 Å². The number of nitrogens with one attached hydrogen (secondary N) is 1. The number of anilines is 1. The number of pyridine rings is 1. The second-order valence-electron chi connectivity index (χ2n) is 5.86. The van der Waals surface area contributed by atoms with Crippen molar-refractivity contribution >= 4 is 46.6 Å². The molecular weight excluding hydrogens is 388 g/mol. The number of nitrogens with two attached hydrogens (primary N) is 1. The van der Waals surface area contributed by atoms with Gasteiger partial charge in [-0.1, -0.05) is 11.6 Å². The van der Waals surface area contributed by atoms with Crippen molar-refractivity contribution in [2.45, 2.75) is 18.9 Å². The maximum absolute atomic E-state index is 14.6. The standard InChI is InChI=1S/C16H17ClFN3O4.ClH/c1-20-4-5-25-15-10(17)13-9(12(19)11(15)18)14(22)8(16(23)24)6-21(13)7-2-3-7;/h6-7,20H,2-5,19H2,1H3,(H,23,24);1H. The monoisotopic (exact) mass is 405 g/mol. The molecule has 0 radical (unpaired) electrons. The van der Waals surface area contributed by atoms with E-state index in [4.69, 9.17) is 22.1 Å². The third kappa shape index (κ3) is 3.32. The Morgan fingerprint density at radius 1 is 1.54 bits per heavy atom. The summed E-state index contributed by atoms with van der Waals surface area (Å²) in [4.78, 5) is 23.9. The van der Waals surface area contributed by atoms with Gasteiger partial charge in [0, 0.05) is 18.8 Å². The van der Waals surface area contributed by atoms with Crippen molar-refractivity contribution < 1.29 is 19.0 Å². The number of ether oxygens (including phenoxy) is 1. The summed E-state index contributed by atoms with van der Waals surface area (Å²) < 4.78 is 21.6. The number of aromatic nitrogens is 1. The molecule has 1 saturated carbocycles. The fourth-order valence-electron chi connectivity index (χ4n) is 2.72. The van der Waals surface area contributed by atoms with E-state index in [1.165, 1.54) is 6.20 Å². The Balaban J connectivity index is 0.00000243. The Hall–Kier alpha value is -2.03. The lowest BCUT2D eigenvalue weighted by Crippen LogP contribution is -2.21. The number of carboxylic acids is 1. The molecule has 4 N–H and O–H groups in total. The summed E-state index contributed by atoms with van der Waals surface area (Å²) in [5, 5.41) is 11.8. The summed E-state index contributed by atoms with van der Waals surface area (Å²) >= 11 is 6.33. The molecule has 0 spiro atoms. The molecule has 0 saturated heterocycles. The van der Waals surface area contributed by atoms with Crippen LogP contribution in [-0.4, -0.2) is 35.8 Å². The van der Waals surface area contributed by atoms with Crippen molar-refractivity contribution in [3.8, 4) is 5.75 Å². The van der Waals surface area contributed by atoms with Gasteiger partial charge in [-0.15, -0.1) is 12.4 Å². The summed E-state index contributed by atoms with van der Waals surface area (Å²) in [6, 6.07) is -0.00582. The maximum Gasteiger partial charge on any atom is 0.341 e. The number of carbonyl (C=O) groups is 1. The van der Waals surface area contributed by atoms with Crippen LogP contribution in [0.5, 0.6) is 5.75 Å². The first-order valence-electron chi connectivity index (χ1n) is 7.74. The fraction of sp³-hybridized carbons (Fsp3) is 0.375. The first kappa shape index (κ1) is 20.3. The Bertz CT molecular complexity index is 928. The number of hydrogen-bond donors (Lipinski definition) is 3. The Morgan fingerprint density at radius 2 is 2.19 bits per heavy atom. The fourth-order valence-corrected chi connectivity index (χ4v) is 3.05. The van der Waals surface area contributed by atoms with Crippen LogP contribution in [0.3, 0.4) is 0 Å². The topological polar surface area (TPSA) is 107 Å². The zero-order valence-electron chi connectivity index (χ0n) is 13.8. The van der Waals surface area contributed by atoms with Gasteiger partial charge >= 0.3 is 5.97 Å². The third-order valence-electron chi connectivity index (χ3n) is 4.12. The van der Waals surface area contributed by atoms with Crippen molar-refractivity contribution in [3.05, 3.63) is 32.8 Å². The minimum absolute atomic E-state index is 0. The normalized spacial score (nSPS) is 13.5. The summed E-state index contributed by atoms with van der Waals surface area (Å²) in [5.41, 5.74) is 4.24. The number of nitrogen functional groups attached to an aromatic ring is 1. The Labute approximate surface area is 159 Å². The zero-order chi connectivity index (χ0) is 18.3. The lowest BCUT2D eigenvalue weighted by atomic mass is 10.1. The number of benzene rings is 1. The SMILES string of the molecule is CNCCOc1c(F)c(N)c2c(=O)c(C(=O)O)cn(C3CC3)c2c1Cl.Cl. The molecule has 3 rings (SSSR count). The van der Waals surface area contributed by atoms with Gasteiger partial charge in [0.15, 0.2) is 11.6 Å². The van der Waals surface area contributed by atoms with Crippen LogP contribution in [0.1, 0.15) is 29.2 Å². The number of carboxylic acid groups (broad SMARTS) is 1. The van der Waals surface area contributed by atoms with Gasteiger partial charge in [0.25, 0.3) is 0 Å². The highest BCUT2D eigenvalue weighted by Gasteiger charge is 2.31. The van der Waals surface area contributed by atoms with Crippen molar-refractivity contribution in [1.29, 1.82) is 0 Å². The number of halogens is 3. The molecule has 2 aromatic rings. The van der Waals surface area contributed by atoms with E-state index in [1.54, 1.807) is 11.6 Å². The molecule has 1 aliphatic rings. The molecule has 1 aromatic heterocycles. The van der Waals surface area contributed by atoms with Crippen LogP contribution in [0.2, 0.25) is 5.02 Å². The average molecular weight is 406 g/mol. The second kappa shape index (κ2) is 7.69. The molecule has 0 unspecified atom stereocenters. The molecule has 0 bridgehead atoms. The molecule has 142 valence electrons. The zero-order valence-corrected chi connectivity index (χ0v) is 15.4. The van der Waals surface area contributed by atoms with Gasteiger partial charge in [-0.05, 0) is 19.9 Å². The molecule has 1 heterocycles. The minimum Gasteiger partial charge on any atom is -0.487 e. The number of fused-ring (bicyclic) bond motifs is 1. The Morgan fingerprint density at radius 3 is 2.73 bits per heavy atom. The quantitative estimate of drug-likeness (QED) is 0.503. The minimum atomic E-state index is -1.40. The van der Waals surface area contributed by atoms with E-state index in [-0.39, 0.29) is 46.7 Å². The van der Waals surface area contributed by atoms with Crippen LogP contribution in [0.25, 0.3) is 10.9 Å². The molecule has 1 fully saturated rings. The van der Waals surface area contributed by atoms with Crippen LogP contribution in [0.4, 0.5) is 10.1 Å². The van der Waals surface area contributed by atoms with Crippen LogP contribution >= 0.6 is 24.0 Å². The molecule has 0 atom stereocenters. The van der Waals surface area contributed by atoms with Crippen LogP contribution in [-0.2, 0) is 0 Å². The molecule has 26 heavy (non-hydrogen) atoms. The van der Waals surface area contributed by atoms with Gasteiger partial charge in [0.05, 0.1) is 16.6 Å². The summed E-state index contributed by atoms with van der Waals surface area (Å²) in [7, 11) is 1.72. The summed E-state index contributed by atoms with van der Waals surface area (Å²) in [6.07, 6.45) is 2.85. The van der Waals surface area contributed by atoms with Crippen molar-refractivity contribution in [1.82, 2.24) is 9.88 Å². The summed E-state index contributed by atoms with van der Waals surface area (Å²) in [6.45, 7) is 0.611. The van der Waals surface area contributed by atoms with E-state index in [9.17, 15) is 19.1 Å². The lowest BCUT2D eigenvalue weighted by Gasteiger charge is -2.18. The third-order valence-corrected chi connectivity index (χ3v) is 4.47. The van der Waals surface area contributed by atoms with E-state index in [0.29, 0.717) is 6.54 Å². The highest BCUT2D eigenvalue weighted by Crippen LogP contribution is 2.44. The molecule has 1 aromatic carbocycles. The average Bonchev–Trinajstić information content (AvgIpc) is 3.40. The van der Waals surface area contributed by atoms with Gasteiger partial charge in [-0.3, -0.25) is 4.79 Å². The van der Waals surface area contributed by atoms with Gasteiger partial charge in [0.1, 0.15) is 17.2 Å². The largest absolute Gasteiger partial charge is 0.487 e. The molecule has 0 amide bonds. The highest BCUT2D eigenvalue weighted by atomic mass is 35.5. The second-order valence-corrected chi connectivity index (χ2v) is 6.24. The number of hydrogen-bond acceptors (Lipinski definition) is 5. The smallest absolute Gasteiger partial charge is 0.341 e. The lowest BCUT2D eigenvalue weighted by molar-refractivity contribution is 0.0695. The van der Waals surface area contributed by atoms with Crippen LogP contribution in [0, 0.1) is 5.82 Å². The molecule has 1 aliphatic carbocycles. The highest BCUT2D eigenvalue weighted by molar-refractivity contribution is 6.37. The predicted molar refractivity (Wildman–Crippen MR) is 99.5 cm³/mol. The van der Waals surface area contributed by atoms with Crippen molar-refractivity contribution in [3.63, 3.8) is 0 Å². The van der Waals surface area contributed by atoms with Crippen molar-refractivity contribution in [2.24, 2.45) is 0 Å². The molecule has 7 nitrogen and oxygen atoms in total. The number of rotatable bonds is 6. The Kier molecular flexibility index (Phi) is 6.00.